The topological polar surface area (TPSA) is 53.9 Å². The molecular formula is C12H15ClN4O. The van der Waals surface area contributed by atoms with Crippen LogP contribution in [0.15, 0.2) is 17.1 Å². The van der Waals surface area contributed by atoms with E-state index in [4.69, 9.17) is 11.6 Å². The monoisotopic (exact) mass is 266 g/mol. The normalized spacial score (nSPS) is 10.7. The number of halogens is 1. The molecule has 0 saturated carbocycles. The van der Waals surface area contributed by atoms with Gasteiger partial charge in [-0.15, -0.1) is 0 Å². The van der Waals surface area contributed by atoms with E-state index in [1.807, 2.05) is 25.9 Å². The average molecular weight is 267 g/mol. The van der Waals surface area contributed by atoms with Gasteiger partial charge in [0.25, 0.3) is 5.56 Å². The summed E-state index contributed by atoms with van der Waals surface area (Å²) in [7, 11) is 5.42. The van der Waals surface area contributed by atoms with Crippen molar-refractivity contribution in [3.63, 3.8) is 0 Å². The van der Waals surface area contributed by atoms with E-state index in [0.717, 1.165) is 11.3 Å². The minimum absolute atomic E-state index is 0.0806. The summed E-state index contributed by atoms with van der Waals surface area (Å²) in [5.41, 5.74) is 2.06. The van der Waals surface area contributed by atoms with Crippen molar-refractivity contribution >= 4 is 17.4 Å². The molecule has 0 aliphatic rings. The van der Waals surface area contributed by atoms with E-state index >= 15 is 0 Å². The smallest absolute Gasteiger partial charge is 0.274 e. The van der Waals surface area contributed by atoms with Crippen molar-refractivity contribution in [2.45, 2.75) is 6.92 Å². The number of rotatable bonds is 2. The van der Waals surface area contributed by atoms with Gasteiger partial charge in [0.05, 0.1) is 10.6 Å². The molecule has 2 aromatic heterocycles. The number of aromatic amines is 1. The van der Waals surface area contributed by atoms with Gasteiger partial charge in [-0.1, -0.05) is 11.6 Å². The molecule has 6 heteroatoms. The van der Waals surface area contributed by atoms with E-state index in [1.54, 1.807) is 19.3 Å². The highest BCUT2D eigenvalue weighted by molar-refractivity contribution is 6.33. The molecule has 0 atom stereocenters. The lowest BCUT2D eigenvalue weighted by Crippen LogP contribution is -2.14. The first-order valence-electron chi connectivity index (χ1n) is 5.50. The molecule has 5 nitrogen and oxygen atoms in total. The number of aromatic nitrogens is 3. The number of H-pyrrole nitrogens is 1. The van der Waals surface area contributed by atoms with Crippen LogP contribution in [0, 0.1) is 6.92 Å². The molecule has 0 aliphatic heterocycles. The van der Waals surface area contributed by atoms with Gasteiger partial charge >= 0.3 is 0 Å². The minimum Gasteiger partial charge on any atom is -0.362 e. The van der Waals surface area contributed by atoms with Crippen LogP contribution in [0.3, 0.4) is 0 Å². The van der Waals surface area contributed by atoms with E-state index in [-0.39, 0.29) is 5.56 Å². The molecule has 2 rings (SSSR count). The standard InChI is InChI=1S/C12H15ClN4O/c1-7-10(12(18)17(4)15-7)8-5-9(13)11(14-6-8)16(2)3/h5-6,15H,1-4H3. The average Bonchev–Trinajstić information content (AvgIpc) is 2.52. The molecule has 0 radical (unpaired) electrons. The van der Waals surface area contributed by atoms with Crippen LogP contribution in [-0.4, -0.2) is 28.9 Å². The maximum Gasteiger partial charge on any atom is 0.274 e. The van der Waals surface area contributed by atoms with Crippen LogP contribution in [-0.2, 0) is 7.05 Å². The van der Waals surface area contributed by atoms with E-state index in [2.05, 4.69) is 10.1 Å². The van der Waals surface area contributed by atoms with Gasteiger partial charge in [-0.3, -0.25) is 14.6 Å². The van der Waals surface area contributed by atoms with Crippen molar-refractivity contribution in [3.05, 3.63) is 33.3 Å². The lowest BCUT2D eigenvalue weighted by Gasteiger charge is -2.13. The second-order valence-electron chi connectivity index (χ2n) is 4.40. The van der Waals surface area contributed by atoms with Gasteiger partial charge in [0.2, 0.25) is 0 Å². The van der Waals surface area contributed by atoms with Crippen molar-refractivity contribution < 1.29 is 0 Å². The molecule has 0 aromatic carbocycles. The Labute approximate surface area is 110 Å². The third-order valence-corrected chi connectivity index (χ3v) is 3.04. The second kappa shape index (κ2) is 4.49. The molecule has 0 spiro atoms. The molecule has 1 N–H and O–H groups in total. The minimum atomic E-state index is -0.0806. The predicted molar refractivity (Wildman–Crippen MR) is 73.3 cm³/mol. The number of anilines is 1. The molecule has 2 aromatic rings. The third-order valence-electron chi connectivity index (χ3n) is 2.76. The van der Waals surface area contributed by atoms with Gasteiger partial charge in [-0.2, -0.15) is 0 Å². The quantitative estimate of drug-likeness (QED) is 0.902. The maximum atomic E-state index is 12.0. The second-order valence-corrected chi connectivity index (χ2v) is 4.81. The van der Waals surface area contributed by atoms with Gasteiger partial charge in [-0.05, 0) is 13.0 Å². The first kappa shape index (κ1) is 12.7. The summed E-state index contributed by atoms with van der Waals surface area (Å²) in [5, 5.41) is 3.48. The molecule has 0 bridgehead atoms. The molecule has 0 aliphatic carbocycles. The molecule has 0 unspecified atom stereocenters. The summed E-state index contributed by atoms with van der Waals surface area (Å²) in [6, 6.07) is 1.77. The first-order valence-corrected chi connectivity index (χ1v) is 5.88. The summed E-state index contributed by atoms with van der Waals surface area (Å²) >= 11 is 6.16. The Hall–Kier alpha value is -1.75. The van der Waals surface area contributed by atoms with Crippen LogP contribution < -0.4 is 10.5 Å². The van der Waals surface area contributed by atoms with Gasteiger partial charge in [0, 0.05) is 38.6 Å². The van der Waals surface area contributed by atoms with Crippen LogP contribution in [0.4, 0.5) is 5.82 Å². The summed E-state index contributed by atoms with van der Waals surface area (Å²) < 4.78 is 1.44. The van der Waals surface area contributed by atoms with Crippen molar-refractivity contribution in [1.29, 1.82) is 0 Å². The van der Waals surface area contributed by atoms with Crippen LogP contribution >= 0.6 is 11.6 Å². The molecule has 96 valence electrons. The van der Waals surface area contributed by atoms with E-state index in [9.17, 15) is 4.79 Å². The molecule has 0 saturated heterocycles. The number of nitrogens with one attached hydrogen (secondary N) is 1. The summed E-state index contributed by atoms with van der Waals surface area (Å²) in [5.74, 6) is 0.686. The summed E-state index contributed by atoms with van der Waals surface area (Å²) in [6.07, 6.45) is 1.67. The maximum absolute atomic E-state index is 12.0. The molecule has 2 heterocycles. The Morgan fingerprint density at radius 2 is 2.11 bits per heavy atom. The fourth-order valence-corrected chi connectivity index (χ4v) is 2.26. The number of nitrogens with zero attached hydrogens (tertiary/aromatic N) is 3. The zero-order valence-electron chi connectivity index (χ0n) is 10.8. The van der Waals surface area contributed by atoms with Crippen molar-refractivity contribution in [3.8, 4) is 11.1 Å². The lowest BCUT2D eigenvalue weighted by atomic mass is 10.1. The van der Waals surface area contributed by atoms with Crippen molar-refractivity contribution in [2.24, 2.45) is 7.05 Å². The predicted octanol–water partition coefficient (Wildman–Crippen LogP) is 1.80. The van der Waals surface area contributed by atoms with Crippen molar-refractivity contribution in [1.82, 2.24) is 14.8 Å². The molecule has 0 fully saturated rings. The Bertz CT molecular complexity index is 642. The summed E-state index contributed by atoms with van der Waals surface area (Å²) in [6.45, 7) is 1.85. The van der Waals surface area contributed by atoms with Gasteiger partial charge in [0.1, 0.15) is 5.82 Å². The van der Waals surface area contributed by atoms with Crippen LogP contribution in [0.5, 0.6) is 0 Å². The highest BCUT2D eigenvalue weighted by Gasteiger charge is 2.14. The molecular weight excluding hydrogens is 252 g/mol. The highest BCUT2D eigenvalue weighted by Crippen LogP contribution is 2.27. The number of hydrogen-bond acceptors (Lipinski definition) is 3. The lowest BCUT2D eigenvalue weighted by molar-refractivity contribution is 0.731. The Morgan fingerprint density at radius 3 is 2.56 bits per heavy atom. The number of aryl methyl sites for hydroxylation is 2. The number of pyridine rings is 1. The number of hydrogen-bond donors (Lipinski definition) is 1. The Balaban J connectivity index is 2.59. The Morgan fingerprint density at radius 1 is 1.44 bits per heavy atom. The fraction of sp³-hybridized carbons (Fsp3) is 0.333. The van der Waals surface area contributed by atoms with E-state index < -0.39 is 0 Å². The third kappa shape index (κ3) is 2.01. The summed E-state index contributed by atoms with van der Waals surface area (Å²) in [4.78, 5) is 18.1. The van der Waals surface area contributed by atoms with Crippen LogP contribution in [0.1, 0.15) is 5.69 Å². The first-order chi connectivity index (χ1) is 8.41. The van der Waals surface area contributed by atoms with Crippen LogP contribution in [0.25, 0.3) is 11.1 Å². The van der Waals surface area contributed by atoms with Gasteiger partial charge in [-0.25, -0.2) is 4.98 Å². The van der Waals surface area contributed by atoms with Gasteiger partial charge in [0.15, 0.2) is 0 Å². The van der Waals surface area contributed by atoms with Gasteiger partial charge < -0.3 is 4.90 Å². The zero-order valence-corrected chi connectivity index (χ0v) is 11.5. The van der Waals surface area contributed by atoms with E-state index in [0.29, 0.717) is 16.4 Å². The SMILES string of the molecule is Cc1[nH]n(C)c(=O)c1-c1cnc(N(C)C)c(Cl)c1. The largest absolute Gasteiger partial charge is 0.362 e. The van der Waals surface area contributed by atoms with Crippen molar-refractivity contribution in [2.75, 3.05) is 19.0 Å². The molecule has 18 heavy (non-hydrogen) atoms. The Kier molecular flexibility index (Phi) is 3.17. The molecule has 0 amide bonds. The van der Waals surface area contributed by atoms with E-state index in [1.165, 1.54) is 4.68 Å². The fourth-order valence-electron chi connectivity index (χ4n) is 1.92. The van der Waals surface area contributed by atoms with Crippen LogP contribution in [0.2, 0.25) is 5.02 Å². The highest BCUT2D eigenvalue weighted by atomic mass is 35.5. The zero-order chi connectivity index (χ0) is 13.4.